The lowest BCUT2D eigenvalue weighted by molar-refractivity contribution is -0.947. The molecule has 0 radical (unpaired) electrons. The molecule has 152 valence electrons. The zero-order chi connectivity index (χ0) is 18.6. The number of hydrogen-bond donors (Lipinski definition) is 0. The van der Waals surface area contributed by atoms with E-state index in [-0.39, 0.29) is 29.9 Å². The second-order valence-corrected chi connectivity index (χ2v) is 7.88. The second kappa shape index (κ2) is 9.96. The second-order valence-electron chi connectivity index (χ2n) is 7.88. The van der Waals surface area contributed by atoms with Gasteiger partial charge in [0, 0.05) is 12.0 Å². The van der Waals surface area contributed by atoms with Gasteiger partial charge in [0.25, 0.3) is 0 Å². The molecule has 0 aliphatic carbocycles. The zero-order valence-electron chi connectivity index (χ0n) is 16.7. The van der Waals surface area contributed by atoms with E-state index in [4.69, 9.17) is 14.2 Å². The van der Waals surface area contributed by atoms with Gasteiger partial charge in [-0.1, -0.05) is 0 Å². The lowest BCUT2D eigenvalue weighted by Gasteiger charge is -2.51. The standard InChI is InChI=1S/C21H32NO4.HI/c1-22-12-5-4-8-19(22)16(7-6-13-22)11-14-26-21(23)18-10-9-17(24-2)15-20(18)25-3;/h9-10,15-16,19H,4-8,11-14H2,1-3H3;1H/q+1;/p-1/t16-,19+,22?;/m0./s1. The van der Waals surface area contributed by atoms with Gasteiger partial charge in [0.1, 0.15) is 17.1 Å². The van der Waals surface area contributed by atoms with Gasteiger partial charge in [-0.15, -0.1) is 0 Å². The molecule has 1 aromatic rings. The van der Waals surface area contributed by atoms with E-state index in [2.05, 4.69) is 7.05 Å². The van der Waals surface area contributed by atoms with Crippen LogP contribution < -0.4 is 33.5 Å². The Morgan fingerprint density at radius 2 is 1.89 bits per heavy atom. The third kappa shape index (κ3) is 5.08. The van der Waals surface area contributed by atoms with Crippen LogP contribution >= 0.6 is 0 Å². The molecule has 3 atom stereocenters. The van der Waals surface area contributed by atoms with E-state index in [1.54, 1.807) is 32.4 Å². The minimum atomic E-state index is -0.318. The number of esters is 1. The van der Waals surface area contributed by atoms with Crippen LogP contribution in [0.15, 0.2) is 18.2 Å². The molecule has 0 N–H and O–H groups in total. The Bertz CT molecular complexity index is 635. The molecule has 1 aromatic carbocycles. The summed E-state index contributed by atoms with van der Waals surface area (Å²) in [6, 6.07) is 5.91. The summed E-state index contributed by atoms with van der Waals surface area (Å²) in [4.78, 5) is 12.5. The summed E-state index contributed by atoms with van der Waals surface area (Å²) in [5.41, 5.74) is 0.454. The molecule has 0 aromatic heterocycles. The number of benzene rings is 1. The SMILES string of the molecule is COc1ccc(C(=O)OCC[C@@H]2CCC[N+]3(C)CCCC[C@H]23)c(OC)c1.[I-]. The van der Waals surface area contributed by atoms with E-state index in [9.17, 15) is 4.79 Å². The van der Waals surface area contributed by atoms with Gasteiger partial charge in [0.15, 0.2) is 0 Å². The predicted molar refractivity (Wildman–Crippen MR) is 101 cm³/mol. The Morgan fingerprint density at radius 1 is 1.11 bits per heavy atom. The monoisotopic (exact) mass is 489 g/mol. The molecule has 0 bridgehead atoms. The molecule has 0 saturated carbocycles. The number of rotatable bonds is 6. The summed E-state index contributed by atoms with van der Waals surface area (Å²) in [5, 5.41) is 0. The first kappa shape index (κ1) is 22.3. The number of nitrogens with zero attached hydrogens (tertiary/aromatic N) is 1. The van der Waals surface area contributed by atoms with E-state index >= 15 is 0 Å². The molecule has 2 heterocycles. The van der Waals surface area contributed by atoms with Crippen LogP contribution in [0.25, 0.3) is 0 Å². The Hall–Kier alpha value is -1.02. The molecule has 2 aliphatic heterocycles. The van der Waals surface area contributed by atoms with Crippen molar-refractivity contribution < 1.29 is 47.5 Å². The van der Waals surface area contributed by atoms with Crippen molar-refractivity contribution in [3.05, 3.63) is 23.8 Å². The predicted octanol–water partition coefficient (Wildman–Crippen LogP) is 0.664. The highest BCUT2D eigenvalue weighted by Gasteiger charge is 2.43. The zero-order valence-corrected chi connectivity index (χ0v) is 18.9. The largest absolute Gasteiger partial charge is 1.00 e. The normalized spacial score (nSPS) is 27.1. The molecule has 0 amide bonds. The lowest BCUT2D eigenvalue weighted by Crippen LogP contribution is -3.00. The molecule has 27 heavy (non-hydrogen) atoms. The van der Waals surface area contributed by atoms with Crippen LogP contribution in [-0.4, -0.2) is 57.5 Å². The summed E-state index contributed by atoms with van der Waals surface area (Å²) < 4.78 is 17.3. The maximum absolute atomic E-state index is 12.5. The van der Waals surface area contributed by atoms with E-state index in [0.717, 1.165) is 12.5 Å². The first-order valence-electron chi connectivity index (χ1n) is 9.81. The van der Waals surface area contributed by atoms with Crippen molar-refractivity contribution in [3.63, 3.8) is 0 Å². The number of methoxy groups -OCH3 is 2. The lowest BCUT2D eigenvalue weighted by atomic mass is 9.80. The van der Waals surface area contributed by atoms with Crippen molar-refractivity contribution in [1.82, 2.24) is 0 Å². The molecule has 0 spiro atoms. The molecule has 1 unspecified atom stereocenters. The Morgan fingerprint density at radius 3 is 2.63 bits per heavy atom. The third-order valence-electron chi connectivity index (χ3n) is 6.36. The number of hydrogen-bond acceptors (Lipinski definition) is 4. The number of halogens is 1. The number of carbonyl (C=O) groups excluding carboxylic acids is 1. The van der Waals surface area contributed by atoms with Crippen LogP contribution in [0.3, 0.4) is 0 Å². The summed E-state index contributed by atoms with van der Waals surface area (Å²) in [5.74, 6) is 1.50. The van der Waals surface area contributed by atoms with Gasteiger partial charge in [-0.05, 0) is 50.7 Å². The fourth-order valence-electron chi connectivity index (χ4n) is 4.92. The van der Waals surface area contributed by atoms with Crippen molar-refractivity contribution in [2.75, 3.05) is 41.0 Å². The highest BCUT2D eigenvalue weighted by molar-refractivity contribution is 5.92. The first-order valence-corrected chi connectivity index (χ1v) is 9.81. The van der Waals surface area contributed by atoms with Crippen LogP contribution in [0.1, 0.15) is 48.9 Å². The van der Waals surface area contributed by atoms with E-state index < -0.39 is 0 Å². The van der Waals surface area contributed by atoms with Gasteiger partial charge in [0.05, 0.1) is 47.0 Å². The summed E-state index contributed by atoms with van der Waals surface area (Å²) in [7, 11) is 5.56. The van der Waals surface area contributed by atoms with Crippen molar-refractivity contribution in [2.24, 2.45) is 5.92 Å². The fourth-order valence-corrected chi connectivity index (χ4v) is 4.92. The van der Waals surface area contributed by atoms with E-state index in [1.807, 2.05) is 0 Å². The molecular formula is C21H32INO4. The van der Waals surface area contributed by atoms with Crippen molar-refractivity contribution >= 4 is 5.97 Å². The van der Waals surface area contributed by atoms with Crippen LogP contribution in [0.5, 0.6) is 11.5 Å². The average Bonchev–Trinajstić information content (AvgIpc) is 2.66. The van der Waals surface area contributed by atoms with E-state index in [1.165, 1.54) is 49.7 Å². The summed E-state index contributed by atoms with van der Waals surface area (Å²) in [6.07, 6.45) is 7.54. The van der Waals surface area contributed by atoms with Gasteiger partial charge in [-0.2, -0.15) is 0 Å². The topological polar surface area (TPSA) is 44.8 Å². The van der Waals surface area contributed by atoms with Crippen molar-refractivity contribution in [2.45, 2.75) is 44.6 Å². The molecule has 6 heteroatoms. The van der Waals surface area contributed by atoms with Gasteiger partial charge in [-0.3, -0.25) is 0 Å². The smallest absolute Gasteiger partial charge is 0.341 e. The number of piperidine rings is 2. The average molecular weight is 489 g/mol. The van der Waals surface area contributed by atoms with Gasteiger partial charge >= 0.3 is 5.97 Å². The van der Waals surface area contributed by atoms with Crippen LogP contribution in [-0.2, 0) is 4.74 Å². The van der Waals surface area contributed by atoms with Crippen LogP contribution in [0.2, 0.25) is 0 Å². The van der Waals surface area contributed by atoms with Crippen molar-refractivity contribution in [3.8, 4) is 11.5 Å². The highest BCUT2D eigenvalue weighted by atomic mass is 127. The third-order valence-corrected chi connectivity index (χ3v) is 6.36. The summed E-state index contributed by atoms with van der Waals surface area (Å²) >= 11 is 0. The van der Waals surface area contributed by atoms with Crippen LogP contribution in [0.4, 0.5) is 0 Å². The minimum Gasteiger partial charge on any atom is -1.00 e. The van der Waals surface area contributed by atoms with E-state index in [0.29, 0.717) is 29.6 Å². The quantitative estimate of drug-likeness (QED) is 0.335. The highest BCUT2D eigenvalue weighted by Crippen LogP contribution is 2.37. The summed E-state index contributed by atoms with van der Waals surface area (Å²) in [6.45, 7) is 3.10. The maximum atomic E-state index is 12.5. The molecule has 5 nitrogen and oxygen atoms in total. The number of ether oxygens (including phenoxy) is 3. The number of quaternary nitrogens is 1. The first-order chi connectivity index (χ1) is 12.6. The van der Waals surface area contributed by atoms with Gasteiger partial charge in [-0.25, -0.2) is 4.79 Å². The van der Waals surface area contributed by atoms with Gasteiger partial charge < -0.3 is 42.7 Å². The molecular weight excluding hydrogens is 457 g/mol. The van der Waals surface area contributed by atoms with Crippen LogP contribution in [0, 0.1) is 5.92 Å². The van der Waals surface area contributed by atoms with Crippen molar-refractivity contribution in [1.29, 1.82) is 0 Å². The molecule has 2 fully saturated rings. The molecule has 2 saturated heterocycles. The fraction of sp³-hybridized carbons (Fsp3) is 0.667. The molecule has 2 aliphatic rings. The Labute approximate surface area is 180 Å². The Balaban J connectivity index is 0.00000261. The minimum absolute atomic E-state index is 0. The Kier molecular flexibility index (Phi) is 8.21. The van der Waals surface area contributed by atoms with Gasteiger partial charge in [0.2, 0.25) is 0 Å². The molecule has 3 rings (SSSR count). The maximum Gasteiger partial charge on any atom is 0.341 e. The number of carbonyl (C=O) groups is 1. The number of fused-ring (bicyclic) bond motifs is 1.